The summed E-state index contributed by atoms with van der Waals surface area (Å²) in [6, 6.07) is 1.50. The summed E-state index contributed by atoms with van der Waals surface area (Å²) in [6.07, 6.45) is -3.48. The summed E-state index contributed by atoms with van der Waals surface area (Å²) < 4.78 is 5.10. The molecule has 2 amide bonds. The molecule has 5 N–H and O–H groups in total. The van der Waals surface area contributed by atoms with Gasteiger partial charge in [-0.05, 0) is 37.8 Å². The van der Waals surface area contributed by atoms with Gasteiger partial charge >= 0.3 is 6.09 Å². The van der Waals surface area contributed by atoms with Crippen LogP contribution in [0.3, 0.4) is 0 Å². The molecule has 2 unspecified atom stereocenters. The lowest BCUT2D eigenvalue weighted by atomic mass is 10.1. The van der Waals surface area contributed by atoms with Crippen molar-refractivity contribution in [1.29, 1.82) is 0 Å². The number of rotatable bonds is 5. The number of nitrogens with two attached hydrogens (primary N) is 1. The largest absolute Gasteiger partial charge is 0.444 e. The maximum absolute atomic E-state index is 11.6. The second-order valence-corrected chi connectivity index (χ2v) is 6.47. The minimum Gasteiger partial charge on any atom is -0.444 e. The van der Waals surface area contributed by atoms with Crippen molar-refractivity contribution < 1.29 is 24.5 Å². The summed E-state index contributed by atoms with van der Waals surface area (Å²) in [5.74, 6) is -0.705. The minimum absolute atomic E-state index is 0.341. The molecule has 7 nitrogen and oxygen atoms in total. The van der Waals surface area contributed by atoms with E-state index in [-0.39, 0.29) is 6.42 Å². The van der Waals surface area contributed by atoms with Gasteiger partial charge in [-0.3, -0.25) is 10.1 Å². The molecule has 0 aliphatic heterocycles. The molecule has 0 aromatic carbocycles. The summed E-state index contributed by atoms with van der Waals surface area (Å²) >= 11 is 1.17. The van der Waals surface area contributed by atoms with E-state index in [0.717, 1.165) is 0 Å². The molecule has 0 saturated heterocycles. The highest BCUT2D eigenvalue weighted by Gasteiger charge is 2.22. The molecule has 1 heterocycles. The lowest BCUT2D eigenvalue weighted by Gasteiger charge is -2.19. The zero-order valence-corrected chi connectivity index (χ0v) is 12.9. The van der Waals surface area contributed by atoms with Gasteiger partial charge in [0.15, 0.2) is 0 Å². The Kier molecular flexibility index (Phi) is 5.70. The summed E-state index contributed by atoms with van der Waals surface area (Å²) in [6.45, 7) is 5.24. The Hall–Kier alpha value is -1.64. The van der Waals surface area contributed by atoms with Crippen LogP contribution in [-0.2, 0) is 9.53 Å². The normalized spacial score (nSPS) is 14.3. The zero-order chi connectivity index (χ0) is 16.2. The first-order valence-corrected chi connectivity index (χ1v) is 7.19. The molecule has 1 aromatic heterocycles. The van der Waals surface area contributed by atoms with Crippen LogP contribution < -0.4 is 11.1 Å². The highest BCUT2D eigenvalue weighted by atomic mass is 32.1. The van der Waals surface area contributed by atoms with E-state index in [1.54, 1.807) is 26.2 Å². The molecule has 0 aliphatic carbocycles. The van der Waals surface area contributed by atoms with E-state index in [9.17, 15) is 19.8 Å². The molecule has 1 rings (SSSR count). The zero-order valence-electron chi connectivity index (χ0n) is 12.1. The average molecular weight is 316 g/mol. The average Bonchev–Trinajstić information content (AvgIpc) is 2.72. The van der Waals surface area contributed by atoms with Gasteiger partial charge in [-0.15, -0.1) is 11.3 Å². The highest BCUT2D eigenvalue weighted by molar-refractivity contribution is 7.14. The molecule has 1 aromatic rings. The summed E-state index contributed by atoms with van der Waals surface area (Å²) in [5.41, 5.74) is 4.74. The monoisotopic (exact) mass is 316 g/mol. The van der Waals surface area contributed by atoms with Gasteiger partial charge in [-0.1, -0.05) is 0 Å². The number of carbonyl (C=O) groups excluding carboxylic acids is 2. The Bertz CT molecular complexity index is 509. The van der Waals surface area contributed by atoms with Gasteiger partial charge in [0.2, 0.25) is 5.91 Å². The highest BCUT2D eigenvalue weighted by Crippen LogP contribution is 2.28. The van der Waals surface area contributed by atoms with Crippen LogP contribution in [-0.4, -0.2) is 33.9 Å². The number of thiophene rings is 1. The van der Waals surface area contributed by atoms with E-state index < -0.39 is 29.8 Å². The quantitative estimate of drug-likeness (QED) is 0.653. The van der Waals surface area contributed by atoms with Crippen LogP contribution in [0.15, 0.2) is 11.4 Å². The van der Waals surface area contributed by atoms with Crippen LogP contribution in [0.5, 0.6) is 0 Å². The van der Waals surface area contributed by atoms with E-state index in [0.29, 0.717) is 10.6 Å². The van der Waals surface area contributed by atoms with Crippen LogP contribution in [0, 0.1) is 0 Å². The molecule has 0 bridgehead atoms. The predicted octanol–water partition coefficient (Wildman–Crippen LogP) is 1.36. The van der Waals surface area contributed by atoms with Crippen LogP contribution in [0.2, 0.25) is 0 Å². The Morgan fingerprint density at radius 3 is 2.57 bits per heavy atom. The first-order chi connectivity index (χ1) is 9.58. The molecule has 0 fully saturated rings. The topological polar surface area (TPSA) is 122 Å². The molecular weight excluding hydrogens is 296 g/mol. The number of amides is 2. The van der Waals surface area contributed by atoms with E-state index >= 15 is 0 Å². The van der Waals surface area contributed by atoms with Crippen LogP contribution in [0.4, 0.5) is 9.80 Å². The van der Waals surface area contributed by atoms with Gasteiger partial charge in [0.1, 0.15) is 11.7 Å². The Morgan fingerprint density at radius 2 is 2.05 bits per heavy atom. The van der Waals surface area contributed by atoms with E-state index in [1.165, 1.54) is 17.4 Å². The summed E-state index contributed by atoms with van der Waals surface area (Å²) in [5, 5.41) is 24.1. The fourth-order valence-electron chi connectivity index (χ4n) is 1.52. The maximum atomic E-state index is 11.6. The van der Waals surface area contributed by atoms with Crippen LogP contribution >= 0.6 is 11.3 Å². The van der Waals surface area contributed by atoms with Crippen molar-refractivity contribution >= 4 is 28.3 Å². The number of ether oxygens (including phenoxy) is 1. The van der Waals surface area contributed by atoms with Crippen LogP contribution in [0.1, 0.15) is 38.9 Å². The molecule has 0 saturated carbocycles. The molecule has 0 aliphatic rings. The number of hydrogen-bond donors (Lipinski definition) is 4. The summed E-state index contributed by atoms with van der Waals surface area (Å²) in [7, 11) is 0. The number of primary amides is 1. The predicted molar refractivity (Wildman–Crippen MR) is 79.0 cm³/mol. The lowest BCUT2D eigenvalue weighted by Crippen LogP contribution is -2.27. The molecule has 21 heavy (non-hydrogen) atoms. The number of carbonyl (C=O) groups is 2. The molecule has 0 spiro atoms. The number of aliphatic hydroxyl groups is 2. The fourth-order valence-corrected chi connectivity index (χ4v) is 2.33. The maximum Gasteiger partial charge on any atom is 0.412 e. The van der Waals surface area contributed by atoms with Gasteiger partial charge in [0.25, 0.3) is 0 Å². The van der Waals surface area contributed by atoms with Crippen molar-refractivity contribution in [2.45, 2.75) is 45.0 Å². The summed E-state index contributed by atoms with van der Waals surface area (Å²) in [4.78, 5) is 22.3. The number of anilines is 1. The van der Waals surface area contributed by atoms with E-state index in [2.05, 4.69) is 5.32 Å². The molecule has 2 atom stereocenters. The van der Waals surface area contributed by atoms with Gasteiger partial charge in [0.05, 0.1) is 17.5 Å². The SMILES string of the molecule is CC(C)(C)OC(=O)Nc1cc(C(O)C(O)CC(N)=O)cs1. The van der Waals surface area contributed by atoms with Gasteiger partial charge in [-0.2, -0.15) is 0 Å². The van der Waals surface area contributed by atoms with Gasteiger partial charge in [0, 0.05) is 0 Å². The third-order valence-electron chi connectivity index (χ3n) is 2.36. The Morgan fingerprint density at radius 1 is 1.43 bits per heavy atom. The first kappa shape index (κ1) is 17.4. The number of aliphatic hydroxyl groups excluding tert-OH is 2. The second kappa shape index (κ2) is 6.88. The number of nitrogens with one attached hydrogen (secondary N) is 1. The third kappa shape index (κ3) is 6.11. The van der Waals surface area contributed by atoms with Crippen molar-refractivity contribution in [1.82, 2.24) is 0 Å². The molecular formula is C13H20N2O5S. The van der Waals surface area contributed by atoms with Crippen LogP contribution in [0.25, 0.3) is 0 Å². The van der Waals surface area contributed by atoms with Gasteiger partial charge < -0.3 is 20.7 Å². The third-order valence-corrected chi connectivity index (χ3v) is 3.22. The van der Waals surface area contributed by atoms with Crippen molar-refractivity contribution in [3.8, 4) is 0 Å². The van der Waals surface area contributed by atoms with Crippen molar-refractivity contribution in [2.24, 2.45) is 5.73 Å². The number of hydrogen-bond acceptors (Lipinski definition) is 6. The minimum atomic E-state index is -1.29. The first-order valence-electron chi connectivity index (χ1n) is 6.31. The van der Waals surface area contributed by atoms with E-state index in [4.69, 9.17) is 10.5 Å². The lowest BCUT2D eigenvalue weighted by molar-refractivity contribution is -0.121. The second-order valence-electron chi connectivity index (χ2n) is 5.55. The van der Waals surface area contributed by atoms with E-state index in [1.807, 2.05) is 0 Å². The molecule has 0 radical (unpaired) electrons. The smallest absolute Gasteiger partial charge is 0.412 e. The van der Waals surface area contributed by atoms with Crippen molar-refractivity contribution in [3.05, 3.63) is 17.0 Å². The van der Waals surface area contributed by atoms with Gasteiger partial charge in [-0.25, -0.2) is 4.79 Å². The molecule has 118 valence electrons. The fraction of sp³-hybridized carbons (Fsp3) is 0.538. The Labute approximate surface area is 126 Å². The van der Waals surface area contributed by atoms with Crippen molar-refractivity contribution in [3.63, 3.8) is 0 Å². The van der Waals surface area contributed by atoms with Crippen molar-refractivity contribution in [2.75, 3.05) is 5.32 Å². The molecule has 8 heteroatoms. The Balaban J connectivity index is 2.64. The standard InChI is InChI=1S/C13H20N2O5S/c1-13(2,3)20-12(19)15-10-4-7(6-21-10)11(18)8(16)5-9(14)17/h4,6,8,11,16,18H,5H2,1-3H3,(H2,14,17)(H,15,19).